The van der Waals surface area contributed by atoms with E-state index < -0.39 is 86.8 Å². The lowest BCUT2D eigenvalue weighted by Gasteiger charge is -2.46. The standard InChI is InChI=1S/C47H85NO13/c1-3-5-7-9-10-11-12-13-14-15-16-17-18-19-20-21-22-23-24-25-26-27-28-30-36(51)35(48-39(52)31-29-8-6-4-2)34-58-46-44(57)42(55)45(38(33-50)60-46)61-47-43(56)41(54)40(53)37(32-49)59-47/h20-21,24-25,28,30,35-38,40-47,49-51,53-57H,3-19,22-23,26-27,29,31-34H2,1-2H3,(H,48,52)/b21-20+,25-24+,30-28+. The molecule has 2 heterocycles. The van der Waals surface area contributed by atoms with Gasteiger partial charge in [0.05, 0.1) is 32.0 Å². The Bertz CT molecular complexity index is 1170. The number of ether oxygens (including phenoxy) is 4. The van der Waals surface area contributed by atoms with Crippen LogP contribution in [0.1, 0.15) is 162 Å². The molecule has 0 aliphatic carbocycles. The van der Waals surface area contributed by atoms with Gasteiger partial charge in [0.25, 0.3) is 0 Å². The van der Waals surface area contributed by atoms with E-state index in [0.717, 1.165) is 44.9 Å². The quantitative estimate of drug-likeness (QED) is 0.0297. The van der Waals surface area contributed by atoms with Gasteiger partial charge in [-0.25, -0.2) is 0 Å². The van der Waals surface area contributed by atoms with Crippen LogP contribution in [-0.2, 0) is 23.7 Å². The van der Waals surface area contributed by atoms with Crippen LogP contribution in [0.3, 0.4) is 0 Å². The van der Waals surface area contributed by atoms with Crippen LogP contribution in [0.5, 0.6) is 0 Å². The van der Waals surface area contributed by atoms with Crippen molar-refractivity contribution >= 4 is 5.91 Å². The summed E-state index contributed by atoms with van der Waals surface area (Å²) in [7, 11) is 0. The van der Waals surface area contributed by atoms with E-state index in [0.29, 0.717) is 12.8 Å². The molecule has 0 aromatic heterocycles. The summed E-state index contributed by atoms with van der Waals surface area (Å²) in [6, 6.07) is -0.930. The van der Waals surface area contributed by atoms with Gasteiger partial charge in [0.1, 0.15) is 48.8 Å². The minimum absolute atomic E-state index is 0.261. The van der Waals surface area contributed by atoms with Crippen LogP contribution in [0, 0.1) is 0 Å². The van der Waals surface area contributed by atoms with E-state index in [-0.39, 0.29) is 18.9 Å². The van der Waals surface area contributed by atoms with Crippen molar-refractivity contribution in [2.75, 3.05) is 19.8 Å². The Hall–Kier alpha value is -1.79. The molecule has 2 fully saturated rings. The van der Waals surface area contributed by atoms with Crippen molar-refractivity contribution in [3.05, 3.63) is 36.5 Å². The maximum Gasteiger partial charge on any atom is 0.220 e. The molecule has 14 heteroatoms. The Kier molecular flexibility index (Phi) is 31.4. The van der Waals surface area contributed by atoms with Gasteiger partial charge in [0.2, 0.25) is 5.91 Å². The molecule has 2 aliphatic rings. The third-order valence-electron chi connectivity index (χ3n) is 11.6. The summed E-state index contributed by atoms with van der Waals surface area (Å²) < 4.78 is 22.5. The smallest absolute Gasteiger partial charge is 0.220 e. The molecule has 14 nitrogen and oxygen atoms in total. The van der Waals surface area contributed by atoms with Crippen LogP contribution < -0.4 is 5.32 Å². The number of carbonyl (C=O) groups excluding carboxylic acids is 1. The van der Waals surface area contributed by atoms with Crippen LogP contribution in [0.2, 0.25) is 0 Å². The average molecular weight is 872 g/mol. The van der Waals surface area contributed by atoms with Gasteiger partial charge in [0, 0.05) is 6.42 Å². The highest BCUT2D eigenvalue weighted by Gasteiger charge is 2.50. The molecule has 0 saturated carbocycles. The maximum atomic E-state index is 12.8. The largest absolute Gasteiger partial charge is 0.394 e. The van der Waals surface area contributed by atoms with Gasteiger partial charge < -0.3 is 65.1 Å². The predicted molar refractivity (Wildman–Crippen MR) is 235 cm³/mol. The minimum Gasteiger partial charge on any atom is -0.394 e. The number of aliphatic hydroxyl groups is 8. The first kappa shape index (κ1) is 55.3. The fraction of sp³-hybridized carbons (Fsp3) is 0.851. The zero-order valence-electron chi connectivity index (χ0n) is 37.4. The second-order valence-corrected chi connectivity index (χ2v) is 16.9. The Balaban J connectivity index is 1.76. The van der Waals surface area contributed by atoms with Gasteiger partial charge in [0.15, 0.2) is 12.6 Å². The van der Waals surface area contributed by atoms with Crippen LogP contribution >= 0.6 is 0 Å². The number of nitrogens with one attached hydrogen (secondary N) is 1. The van der Waals surface area contributed by atoms with Crippen LogP contribution in [-0.4, -0.2) is 140 Å². The van der Waals surface area contributed by atoms with E-state index in [4.69, 9.17) is 18.9 Å². The Labute approximate surface area is 366 Å². The van der Waals surface area contributed by atoms with E-state index in [9.17, 15) is 45.6 Å². The van der Waals surface area contributed by atoms with Gasteiger partial charge in [-0.3, -0.25) is 4.79 Å². The minimum atomic E-state index is -1.79. The number of rotatable bonds is 35. The molecule has 12 unspecified atom stereocenters. The number of allylic oxidation sites excluding steroid dienone is 5. The van der Waals surface area contributed by atoms with E-state index in [1.807, 2.05) is 6.08 Å². The second-order valence-electron chi connectivity index (χ2n) is 16.9. The highest BCUT2D eigenvalue weighted by Crippen LogP contribution is 2.30. The van der Waals surface area contributed by atoms with Crippen molar-refractivity contribution in [3.63, 3.8) is 0 Å². The van der Waals surface area contributed by atoms with Crippen molar-refractivity contribution in [2.24, 2.45) is 0 Å². The molecule has 356 valence electrons. The van der Waals surface area contributed by atoms with Crippen molar-refractivity contribution in [2.45, 2.75) is 235 Å². The number of hydrogen-bond acceptors (Lipinski definition) is 13. The molecule has 0 radical (unpaired) electrons. The Morgan fingerprint density at radius 1 is 0.574 bits per heavy atom. The molecule has 1 amide bonds. The van der Waals surface area contributed by atoms with Crippen molar-refractivity contribution < 1.29 is 64.6 Å². The van der Waals surface area contributed by atoms with E-state index in [2.05, 4.69) is 43.5 Å². The van der Waals surface area contributed by atoms with Crippen molar-refractivity contribution in [3.8, 4) is 0 Å². The highest BCUT2D eigenvalue weighted by atomic mass is 16.7. The summed E-state index contributed by atoms with van der Waals surface area (Å²) in [6.07, 6.45) is 21.4. The molecule has 0 bridgehead atoms. The molecule has 12 atom stereocenters. The average Bonchev–Trinajstić information content (AvgIpc) is 3.26. The molecule has 2 saturated heterocycles. The topological polar surface area (TPSA) is 228 Å². The number of hydrogen-bond donors (Lipinski definition) is 9. The summed E-state index contributed by atoms with van der Waals surface area (Å²) in [5.41, 5.74) is 0. The Morgan fingerprint density at radius 2 is 1.05 bits per heavy atom. The summed E-state index contributed by atoms with van der Waals surface area (Å²) in [4.78, 5) is 12.8. The second kappa shape index (κ2) is 34.6. The van der Waals surface area contributed by atoms with Crippen molar-refractivity contribution in [1.29, 1.82) is 0 Å². The molecule has 9 N–H and O–H groups in total. The number of amides is 1. The van der Waals surface area contributed by atoms with Gasteiger partial charge in [-0.05, 0) is 44.9 Å². The summed E-state index contributed by atoms with van der Waals surface area (Å²) in [5, 5.41) is 86.0. The van der Waals surface area contributed by atoms with Gasteiger partial charge >= 0.3 is 0 Å². The van der Waals surface area contributed by atoms with E-state index in [1.165, 1.54) is 83.5 Å². The van der Waals surface area contributed by atoms with Crippen LogP contribution in [0.25, 0.3) is 0 Å². The first-order chi connectivity index (χ1) is 29.6. The third kappa shape index (κ3) is 22.6. The fourth-order valence-electron chi connectivity index (χ4n) is 7.61. The fourth-order valence-corrected chi connectivity index (χ4v) is 7.61. The molecule has 2 rings (SSSR count). The van der Waals surface area contributed by atoms with Crippen LogP contribution in [0.4, 0.5) is 0 Å². The zero-order chi connectivity index (χ0) is 44.7. The van der Waals surface area contributed by atoms with Gasteiger partial charge in [-0.15, -0.1) is 0 Å². The molecular weight excluding hydrogens is 787 g/mol. The lowest BCUT2D eigenvalue weighted by molar-refractivity contribution is -0.359. The molecule has 2 aliphatic heterocycles. The third-order valence-corrected chi connectivity index (χ3v) is 11.6. The molecule has 0 aromatic rings. The Morgan fingerprint density at radius 3 is 1.61 bits per heavy atom. The molecular formula is C47H85NO13. The van der Waals surface area contributed by atoms with E-state index in [1.54, 1.807) is 6.08 Å². The van der Waals surface area contributed by atoms with Gasteiger partial charge in [-0.1, -0.05) is 147 Å². The summed E-state index contributed by atoms with van der Waals surface area (Å²) >= 11 is 0. The lowest BCUT2D eigenvalue weighted by Crippen LogP contribution is -2.65. The number of aliphatic hydroxyl groups excluding tert-OH is 8. The molecule has 61 heavy (non-hydrogen) atoms. The maximum absolute atomic E-state index is 12.8. The van der Waals surface area contributed by atoms with Crippen molar-refractivity contribution in [1.82, 2.24) is 5.32 Å². The monoisotopic (exact) mass is 872 g/mol. The van der Waals surface area contributed by atoms with E-state index >= 15 is 0 Å². The highest BCUT2D eigenvalue weighted by molar-refractivity contribution is 5.76. The predicted octanol–water partition coefficient (Wildman–Crippen LogP) is 5.15. The number of unbranched alkanes of at least 4 members (excludes halogenated alkanes) is 18. The summed E-state index contributed by atoms with van der Waals surface area (Å²) in [6.45, 7) is 2.60. The lowest BCUT2D eigenvalue weighted by atomic mass is 9.97. The first-order valence-corrected chi connectivity index (χ1v) is 23.7. The first-order valence-electron chi connectivity index (χ1n) is 23.7. The number of carbonyl (C=O) groups is 1. The zero-order valence-corrected chi connectivity index (χ0v) is 37.4. The van der Waals surface area contributed by atoms with Crippen LogP contribution in [0.15, 0.2) is 36.5 Å². The molecule has 0 spiro atoms. The molecule has 0 aromatic carbocycles. The summed E-state index contributed by atoms with van der Waals surface area (Å²) in [5.74, 6) is -0.273. The normalized spacial score (nSPS) is 28.3. The SMILES string of the molecule is CCCCCCCCCCCCCCC/C=C/CC/C=C/CC/C=C/C(O)C(COC1OC(CO)C(OC2OC(CO)C(O)C(O)C2O)C(O)C1O)NC(=O)CCCCCC. The van der Waals surface area contributed by atoms with Gasteiger partial charge in [-0.2, -0.15) is 0 Å².